The molecule has 1 rings (SSSR count). The molecule has 10 heteroatoms. The van der Waals surface area contributed by atoms with Crippen LogP contribution in [0.15, 0.2) is 29.2 Å². The number of aliphatic carboxylic acids is 1. The summed E-state index contributed by atoms with van der Waals surface area (Å²) in [6.07, 6.45) is 0. The Labute approximate surface area is 152 Å². The van der Waals surface area contributed by atoms with Crippen molar-refractivity contribution in [3.8, 4) is 5.75 Å². The Morgan fingerprint density at radius 2 is 1.85 bits per heavy atom. The van der Waals surface area contributed by atoms with Crippen molar-refractivity contribution in [2.75, 3.05) is 33.4 Å². The number of carboxylic acid groups (broad SMARTS) is 1. The van der Waals surface area contributed by atoms with Crippen molar-refractivity contribution in [2.24, 2.45) is 0 Å². The number of carboxylic acids is 1. The summed E-state index contributed by atoms with van der Waals surface area (Å²) in [5, 5.41) is 11.7. The normalized spacial score (nSPS) is 12.6. The molecule has 0 heterocycles. The van der Waals surface area contributed by atoms with Crippen LogP contribution in [-0.4, -0.2) is 69.2 Å². The smallest absolute Gasteiger partial charge is 0.321 e. The van der Waals surface area contributed by atoms with Gasteiger partial charge in [-0.3, -0.25) is 9.59 Å². The molecule has 9 nitrogen and oxygen atoms in total. The van der Waals surface area contributed by atoms with E-state index in [-0.39, 0.29) is 23.9 Å². The first kappa shape index (κ1) is 21.9. The second-order valence-corrected chi connectivity index (χ2v) is 7.32. The SMILES string of the molecule is COCCOc1ccc(S(=O)(=O)N(CCNC(C)=O)C(C)C(=O)O)cc1. The lowest BCUT2D eigenvalue weighted by Gasteiger charge is -2.25. The highest BCUT2D eigenvalue weighted by Crippen LogP contribution is 2.21. The van der Waals surface area contributed by atoms with Crippen molar-refractivity contribution in [3.63, 3.8) is 0 Å². The number of carbonyl (C=O) groups is 2. The van der Waals surface area contributed by atoms with E-state index < -0.39 is 22.0 Å². The number of nitrogens with zero attached hydrogens (tertiary/aromatic N) is 1. The Morgan fingerprint density at radius 1 is 1.23 bits per heavy atom. The van der Waals surface area contributed by atoms with Crippen LogP contribution in [0.4, 0.5) is 0 Å². The largest absolute Gasteiger partial charge is 0.491 e. The topological polar surface area (TPSA) is 122 Å². The zero-order valence-electron chi connectivity index (χ0n) is 15.0. The molecule has 1 amide bonds. The van der Waals surface area contributed by atoms with Crippen LogP contribution < -0.4 is 10.1 Å². The molecule has 1 unspecified atom stereocenters. The molecule has 0 aliphatic carbocycles. The lowest BCUT2D eigenvalue weighted by atomic mass is 10.3. The number of benzene rings is 1. The maximum absolute atomic E-state index is 12.8. The van der Waals surface area contributed by atoms with Crippen molar-refractivity contribution in [3.05, 3.63) is 24.3 Å². The molecule has 1 aromatic carbocycles. The monoisotopic (exact) mass is 388 g/mol. The van der Waals surface area contributed by atoms with E-state index >= 15 is 0 Å². The number of hydrogen-bond acceptors (Lipinski definition) is 6. The summed E-state index contributed by atoms with van der Waals surface area (Å²) in [4.78, 5) is 22.2. The van der Waals surface area contributed by atoms with Crippen LogP contribution in [0.3, 0.4) is 0 Å². The minimum atomic E-state index is -4.06. The summed E-state index contributed by atoms with van der Waals surface area (Å²) in [5.41, 5.74) is 0. The van der Waals surface area contributed by atoms with Crippen LogP contribution in [0.25, 0.3) is 0 Å². The highest BCUT2D eigenvalue weighted by Gasteiger charge is 2.32. The molecule has 0 spiro atoms. The van der Waals surface area contributed by atoms with E-state index in [0.29, 0.717) is 19.0 Å². The molecule has 0 aliphatic heterocycles. The molecule has 0 saturated carbocycles. The first-order chi connectivity index (χ1) is 12.2. The fourth-order valence-corrected chi connectivity index (χ4v) is 3.66. The quantitative estimate of drug-likeness (QED) is 0.523. The molecule has 0 saturated heterocycles. The van der Waals surface area contributed by atoms with E-state index in [1.165, 1.54) is 45.2 Å². The fraction of sp³-hybridized carbons (Fsp3) is 0.500. The molecule has 2 N–H and O–H groups in total. The third-order valence-electron chi connectivity index (χ3n) is 3.48. The summed E-state index contributed by atoms with van der Waals surface area (Å²) < 4.78 is 36.7. The second kappa shape index (κ2) is 10.1. The highest BCUT2D eigenvalue weighted by atomic mass is 32.2. The fourth-order valence-electron chi connectivity index (χ4n) is 2.07. The van der Waals surface area contributed by atoms with Crippen LogP contribution in [-0.2, 0) is 24.3 Å². The molecule has 0 radical (unpaired) electrons. The van der Waals surface area contributed by atoms with Gasteiger partial charge in [-0.15, -0.1) is 0 Å². The summed E-state index contributed by atoms with van der Waals surface area (Å²) >= 11 is 0. The highest BCUT2D eigenvalue weighted by molar-refractivity contribution is 7.89. The lowest BCUT2D eigenvalue weighted by Crippen LogP contribution is -2.46. The summed E-state index contributed by atoms with van der Waals surface area (Å²) in [7, 11) is -2.52. The average molecular weight is 388 g/mol. The number of carbonyl (C=O) groups excluding carboxylic acids is 1. The Kier molecular flexibility index (Phi) is 8.49. The first-order valence-corrected chi connectivity index (χ1v) is 9.35. The first-order valence-electron chi connectivity index (χ1n) is 7.91. The maximum Gasteiger partial charge on any atom is 0.321 e. The summed E-state index contributed by atoms with van der Waals surface area (Å²) in [6.45, 7) is 3.12. The van der Waals surface area contributed by atoms with Crippen LogP contribution in [0.1, 0.15) is 13.8 Å². The van der Waals surface area contributed by atoms with Crippen molar-refractivity contribution in [2.45, 2.75) is 24.8 Å². The van der Waals surface area contributed by atoms with Crippen LogP contribution in [0, 0.1) is 0 Å². The maximum atomic E-state index is 12.8. The van der Waals surface area contributed by atoms with Gasteiger partial charge in [0.2, 0.25) is 15.9 Å². The Morgan fingerprint density at radius 3 is 2.35 bits per heavy atom. The molecule has 0 aliphatic rings. The van der Waals surface area contributed by atoms with Crippen LogP contribution in [0.5, 0.6) is 5.75 Å². The number of ether oxygens (including phenoxy) is 2. The van der Waals surface area contributed by atoms with Crippen molar-refractivity contribution in [1.29, 1.82) is 0 Å². The van der Waals surface area contributed by atoms with E-state index in [9.17, 15) is 23.1 Å². The molecular weight excluding hydrogens is 364 g/mol. The zero-order chi connectivity index (χ0) is 19.7. The molecule has 1 aromatic rings. The molecule has 1 atom stereocenters. The van der Waals surface area contributed by atoms with Gasteiger partial charge in [0.25, 0.3) is 0 Å². The van der Waals surface area contributed by atoms with Gasteiger partial charge in [0.05, 0.1) is 11.5 Å². The minimum Gasteiger partial charge on any atom is -0.491 e. The van der Waals surface area contributed by atoms with Gasteiger partial charge in [0.15, 0.2) is 0 Å². The van der Waals surface area contributed by atoms with Crippen molar-refractivity contribution < 1.29 is 32.6 Å². The van der Waals surface area contributed by atoms with Gasteiger partial charge >= 0.3 is 5.97 Å². The van der Waals surface area contributed by atoms with Gasteiger partial charge < -0.3 is 19.9 Å². The minimum absolute atomic E-state index is 0.00436. The van der Waals surface area contributed by atoms with Crippen molar-refractivity contribution in [1.82, 2.24) is 9.62 Å². The number of amides is 1. The van der Waals surface area contributed by atoms with Crippen LogP contribution in [0.2, 0.25) is 0 Å². The third-order valence-corrected chi connectivity index (χ3v) is 5.47. The summed E-state index contributed by atoms with van der Waals surface area (Å²) in [5.74, 6) is -1.14. The van der Waals surface area contributed by atoms with E-state index in [1.807, 2.05) is 0 Å². The number of sulfonamides is 1. The van der Waals surface area contributed by atoms with Crippen LogP contribution >= 0.6 is 0 Å². The molecular formula is C16H24N2O7S. The van der Waals surface area contributed by atoms with E-state index in [2.05, 4.69) is 5.32 Å². The molecule has 0 fully saturated rings. The Balaban J connectivity index is 2.99. The zero-order valence-corrected chi connectivity index (χ0v) is 15.8. The molecule has 26 heavy (non-hydrogen) atoms. The lowest BCUT2D eigenvalue weighted by molar-refractivity contribution is -0.140. The van der Waals surface area contributed by atoms with Gasteiger partial charge in [-0.1, -0.05) is 0 Å². The number of methoxy groups -OCH3 is 1. The number of rotatable bonds is 11. The summed E-state index contributed by atoms with van der Waals surface area (Å²) in [6, 6.07) is 4.38. The predicted octanol–water partition coefficient (Wildman–Crippen LogP) is 0.312. The van der Waals surface area contributed by atoms with Gasteiger partial charge in [-0.05, 0) is 31.2 Å². The van der Waals surface area contributed by atoms with Gasteiger partial charge in [0.1, 0.15) is 18.4 Å². The molecule has 146 valence electrons. The second-order valence-electron chi connectivity index (χ2n) is 5.43. The van der Waals surface area contributed by atoms with Gasteiger partial charge in [0, 0.05) is 27.1 Å². The number of hydrogen-bond donors (Lipinski definition) is 2. The number of nitrogens with one attached hydrogen (secondary N) is 1. The van der Waals surface area contributed by atoms with Gasteiger partial charge in [-0.25, -0.2) is 8.42 Å². The van der Waals surface area contributed by atoms with Crippen molar-refractivity contribution >= 4 is 21.9 Å². The Hall–Kier alpha value is -2.17. The van der Waals surface area contributed by atoms with E-state index in [4.69, 9.17) is 9.47 Å². The van der Waals surface area contributed by atoms with E-state index in [0.717, 1.165) is 4.31 Å². The standard InChI is InChI=1S/C16H24N2O7S/c1-12(16(20)21)18(9-8-17-13(2)19)26(22,23)15-6-4-14(5-7-15)25-11-10-24-3/h4-7,12H,8-11H2,1-3H3,(H,17,19)(H,20,21). The average Bonchev–Trinajstić information content (AvgIpc) is 2.58. The molecule has 0 aromatic heterocycles. The molecule has 0 bridgehead atoms. The van der Waals surface area contributed by atoms with E-state index in [1.54, 1.807) is 0 Å². The van der Waals surface area contributed by atoms with Gasteiger partial charge in [-0.2, -0.15) is 4.31 Å². The Bertz CT molecular complexity index is 704. The predicted molar refractivity (Wildman–Crippen MR) is 93.5 cm³/mol. The third kappa shape index (κ3) is 6.28.